The molecule has 49 heavy (non-hydrogen) atoms. The van der Waals surface area contributed by atoms with Crippen molar-refractivity contribution in [1.29, 1.82) is 0 Å². The lowest BCUT2D eigenvalue weighted by Crippen LogP contribution is -2.43. The Labute approximate surface area is 282 Å². The van der Waals surface area contributed by atoms with Gasteiger partial charge < -0.3 is 14.6 Å². The van der Waals surface area contributed by atoms with Crippen molar-refractivity contribution >= 4 is 46.6 Å². The third-order valence-corrected chi connectivity index (χ3v) is 10.6. The predicted molar refractivity (Wildman–Crippen MR) is 177 cm³/mol. The van der Waals surface area contributed by atoms with Gasteiger partial charge >= 0.3 is 0 Å². The van der Waals surface area contributed by atoms with E-state index in [1.165, 1.54) is 33.0 Å². The van der Waals surface area contributed by atoms with Gasteiger partial charge in [-0.1, -0.05) is 11.6 Å². The lowest BCUT2D eigenvalue weighted by molar-refractivity contribution is -0.126. The van der Waals surface area contributed by atoms with Gasteiger partial charge in [0.15, 0.2) is 23.1 Å². The molecule has 0 aromatic heterocycles. The highest BCUT2D eigenvalue weighted by Crippen LogP contribution is 2.59. The summed E-state index contributed by atoms with van der Waals surface area (Å²) in [4.78, 5) is 82.9. The van der Waals surface area contributed by atoms with Gasteiger partial charge in [-0.05, 0) is 98.8 Å². The number of nitrogens with zero attached hydrogens (tertiary/aromatic N) is 2. The zero-order valence-corrected chi connectivity index (χ0v) is 27.3. The van der Waals surface area contributed by atoms with Crippen molar-refractivity contribution in [2.24, 2.45) is 29.6 Å². The third-order valence-electron chi connectivity index (χ3n) is 10.6. The molecule has 250 valence electrons. The van der Waals surface area contributed by atoms with Gasteiger partial charge in [-0.2, -0.15) is 0 Å². The number of Topliss-reactive ketones (excluding diaryl/α,β-unsaturated/α-hetero) is 2. The van der Waals surface area contributed by atoms with Crippen LogP contribution in [0.3, 0.4) is 0 Å². The maximum atomic E-state index is 14.4. The van der Waals surface area contributed by atoms with E-state index in [1.54, 1.807) is 60.7 Å². The van der Waals surface area contributed by atoms with Gasteiger partial charge in [0.2, 0.25) is 29.4 Å². The molecule has 6 unspecified atom stereocenters. The molecule has 2 saturated heterocycles. The molecule has 6 atom stereocenters. The van der Waals surface area contributed by atoms with Crippen molar-refractivity contribution in [3.8, 4) is 17.2 Å². The van der Waals surface area contributed by atoms with Crippen LogP contribution in [0.25, 0.3) is 0 Å². The topological polar surface area (TPSA) is 148 Å². The summed E-state index contributed by atoms with van der Waals surface area (Å²) in [6.07, 6.45) is 2.35. The molecule has 7 rings (SSSR count). The van der Waals surface area contributed by atoms with Crippen LogP contribution in [0.5, 0.6) is 17.2 Å². The summed E-state index contributed by atoms with van der Waals surface area (Å²) < 4.78 is 10.9. The first-order chi connectivity index (χ1) is 23.5. The Morgan fingerprint density at radius 2 is 1.14 bits per heavy atom. The highest BCUT2D eigenvalue weighted by Gasteiger charge is 2.62. The molecule has 1 N–H and O–H groups in total. The van der Waals surface area contributed by atoms with E-state index in [0.717, 1.165) is 10.5 Å². The zero-order chi connectivity index (χ0) is 34.9. The van der Waals surface area contributed by atoms with Crippen LogP contribution in [-0.4, -0.2) is 54.5 Å². The fraction of sp³-hybridized carbons (Fsp3) is 0.316. The van der Waals surface area contributed by atoms with Crippen molar-refractivity contribution in [2.45, 2.75) is 32.6 Å². The molecule has 2 aliphatic carbocycles. The minimum atomic E-state index is -0.861. The fourth-order valence-corrected chi connectivity index (χ4v) is 8.26. The Balaban J connectivity index is 1.34. The van der Waals surface area contributed by atoms with Crippen LogP contribution in [-0.2, 0) is 19.2 Å². The molecule has 3 aromatic rings. The number of ether oxygens (including phenoxy) is 2. The van der Waals surface area contributed by atoms with Crippen molar-refractivity contribution in [3.05, 3.63) is 89.0 Å². The second kappa shape index (κ2) is 11.8. The molecular formula is C38H34N2O9. The number of benzene rings is 3. The number of allylic oxidation sites excluding steroid dienone is 2. The van der Waals surface area contributed by atoms with Crippen molar-refractivity contribution < 1.29 is 43.3 Å². The number of phenols is 1. The second-order valence-electron chi connectivity index (χ2n) is 13.0. The Morgan fingerprint density at radius 1 is 0.673 bits per heavy atom. The van der Waals surface area contributed by atoms with Crippen LogP contribution in [0.1, 0.15) is 58.9 Å². The standard InChI is InChI=1S/C38H34N2O9/c1-18(41)20-5-9-23(10-6-20)39-35(44)26-14-13-25-27(32(26)37(39)46)17-28-33(31(25)22-15-29(48-3)34(43)30(16-22)49-4)38(47)40(36(28)45)24-11-7-21(8-12-24)19(2)42/h5-13,15-16,26-28,31-33,43H,14,17H2,1-4H3. The average molecular weight is 663 g/mol. The van der Waals surface area contributed by atoms with E-state index < -0.39 is 53.2 Å². The SMILES string of the molecule is COc1cc(C2C3=CCC4C(=O)N(c5ccc(C(C)=O)cc5)C(=O)C4C3CC3C(=O)N(c4ccc(C(C)=O)cc4)C(=O)C32)cc(OC)c1O. The van der Waals surface area contributed by atoms with Crippen LogP contribution < -0.4 is 19.3 Å². The maximum Gasteiger partial charge on any atom is 0.238 e. The summed E-state index contributed by atoms with van der Waals surface area (Å²) in [5.41, 5.74) is 2.91. The van der Waals surface area contributed by atoms with Crippen LogP contribution in [0, 0.1) is 29.6 Å². The molecule has 4 amide bonds. The van der Waals surface area contributed by atoms with Gasteiger partial charge in [-0.15, -0.1) is 0 Å². The van der Waals surface area contributed by atoms with E-state index in [4.69, 9.17) is 9.47 Å². The summed E-state index contributed by atoms with van der Waals surface area (Å²) in [6.45, 7) is 2.87. The number of imide groups is 2. The molecular weight excluding hydrogens is 628 g/mol. The second-order valence-corrected chi connectivity index (χ2v) is 13.0. The number of ketones is 2. The molecule has 0 radical (unpaired) electrons. The minimum absolute atomic E-state index is 0.114. The van der Waals surface area contributed by atoms with E-state index in [0.29, 0.717) is 28.1 Å². The smallest absolute Gasteiger partial charge is 0.238 e. The molecule has 2 aliphatic heterocycles. The first-order valence-corrected chi connectivity index (χ1v) is 16.1. The van der Waals surface area contributed by atoms with Crippen LogP contribution >= 0.6 is 0 Å². The van der Waals surface area contributed by atoms with E-state index in [2.05, 4.69) is 0 Å². The van der Waals surface area contributed by atoms with Gasteiger partial charge in [0.1, 0.15) is 0 Å². The van der Waals surface area contributed by atoms with Gasteiger partial charge in [-0.25, -0.2) is 0 Å². The molecule has 3 aromatic carbocycles. The first-order valence-electron chi connectivity index (χ1n) is 16.1. The third kappa shape index (κ3) is 4.86. The minimum Gasteiger partial charge on any atom is -0.502 e. The largest absolute Gasteiger partial charge is 0.502 e. The Bertz CT molecular complexity index is 1960. The van der Waals surface area contributed by atoms with E-state index in [1.807, 2.05) is 6.08 Å². The summed E-state index contributed by atoms with van der Waals surface area (Å²) >= 11 is 0. The highest BCUT2D eigenvalue weighted by molar-refractivity contribution is 6.24. The zero-order valence-electron chi connectivity index (χ0n) is 27.3. The van der Waals surface area contributed by atoms with Crippen molar-refractivity contribution in [1.82, 2.24) is 0 Å². The van der Waals surface area contributed by atoms with Gasteiger partial charge in [0.05, 0.1) is 49.3 Å². The molecule has 11 heteroatoms. The van der Waals surface area contributed by atoms with Gasteiger partial charge in [0.25, 0.3) is 0 Å². The Kier molecular flexibility index (Phi) is 7.73. The normalized spacial score (nSPS) is 25.8. The lowest BCUT2D eigenvalue weighted by Gasteiger charge is -2.44. The summed E-state index contributed by atoms with van der Waals surface area (Å²) in [5.74, 6) is -6.29. The van der Waals surface area contributed by atoms with E-state index in [-0.39, 0.29) is 47.6 Å². The number of hydrogen-bond donors (Lipinski definition) is 1. The molecule has 0 spiro atoms. The van der Waals surface area contributed by atoms with Gasteiger partial charge in [0, 0.05) is 17.0 Å². The number of hydrogen-bond acceptors (Lipinski definition) is 9. The maximum absolute atomic E-state index is 14.4. The molecule has 11 nitrogen and oxygen atoms in total. The van der Waals surface area contributed by atoms with E-state index in [9.17, 15) is 33.9 Å². The predicted octanol–water partition coefficient (Wildman–Crippen LogP) is 4.86. The molecule has 0 bridgehead atoms. The summed E-state index contributed by atoms with van der Waals surface area (Å²) in [6, 6.07) is 15.8. The number of aromatic hydroxyl groups is 1. The van der Waals surface area contributed by atoms with E-state index >= 15 is 0 Å². The summed E-state index contributed by atoms with van der Waals surface area (Å²) in [5, 5.41) is 10.7. The number of phenolic OH excluding ortho intramolecular Hbond substituents is 1. The quantitative estimate of drug-likeness (QED) is 0.213. The molecule has 1 saturated carbocycles. The number of fused-ring (bicyclic) bond motifs is 4. The summed E-state index contributed by atoms with van der Waals surface area (Å²) in [7, 11) is 2.79. The molecule has 4 aliphatic rings. The number of carbonyl (C=O) groups is 6. The lowest BCUT2D eigenvalue weighted by atomic mass is 9.57. The number of methoxy groups -OCH3 is 2. The van der Waals surface area contributed by atoms with Crippen molar-refractivity contribution in [2.75, 3.05) is 24.0 Å². The molecule has 3 fully saturated rings. The number of rotatable bonds is 7. The van der Waals surface area contributed by atoms with Crippen LogP contribution in [0.4, 0.5) is 11.4 Å². The monoisotopic (exact) mass is 662 g/mol. The fourth-order valence-electron chi connectivity index (χ4n) is 8.26. The molecule has 2 heterocycles. The number of carbonyl (C=O) groups excluding carboxylic acids is 6. The van der Waals surface area contributed by atoms with Gasteiger partial charge in [-0.3, -0.25) is 38.6 Å². The van der Waals surface area contributed by atoms with Crippen LogP contribution in [0.15, 0.2) is 72.3 Å². The van der Waals surface area contributed by atoms with Crippen LogP contribution in [0.2, 0.25) is 0 Å². The first kappa shape index (κ1) is 32.0. The highest BCUT2D eigenvalue weighted by atomic mass is 16.5. The van der Waals surface area contributed by atoms with Crippen molar-refractivity contribution in [3.63, 3.8) is 0 Å². The average Bonchev–Trinajstić information content (AvgIpc) is 3.51. The Morgan fingerprint density at radius 3 is 1.61 bits per heavy atom. The Hall–Kier alpha value is -5.58. The number of anilines is 2. The number of amides is 4.